The molecule has 6 nitrogen and oxygen atoms in total. The van der Waals surface area contributed by atoms with E-state index in [0.29, 0.717) is 24.2 Å². The van der Waals surface area contributed by atoms with Gasteiger partial charge in [-0.2, -0.15) is 0 Å². The minimum atomic E-state index is -1.26. The van der Waals surface area contributed by atoms with Gasteiger partial charge in [0.15, 0.2) is 0 Å². The zero-order valence-electron chi connectivity index (χ0n) is 15.9. The molecular formula is C21H26N2O4. The standard InChI is InChI=1S/C17H22N2.C4H4O4/c1-13-12-19(14(2)11-18(13)3)17-9-8-15-6-4-5-7-16(15)10-17;5-3(6)1-2-4(7)8/h4-10,13-14H,11-12H2,1-3H3;1-2H,(H,5,6)(H,7,8)/b;2-1+/t13-,14+;/m1./s1. The van der Waals surface area contributed by atoms with Gasteiger partial charge in [-0.1, -0.05) is 30.3 Å². The Bertz CT molecular complexity index is 818. The predicted molar refractivity (Wildman–Crippen MR) is 107 cm³/mol. The number of anilines is 1. The lowest BCUT2D eigenvalue weighted by atomic mass is 10.1. The molecule has 27 heavy (non-hydrogen) atoms. The molecular weight excluding hydrogens is 344 g/mol. The summed E-state index contributed by atoms with van der Waals surface area (Å²) in [5.74, 6) is -2.51. The number of aliphatic carboxylic acids is 2. The van der Waals surface area contributed by atoms with Gasteiger partial charge in [-0.25, -0.2) is 9.59 Å². The second-order valence-corrected chi connectivity index (χ2v) is 6.83. The number of benzene rings is 2. The first kappa shape index (κ1) is 20.5. The molecule has 2 N–H and O–H groups in total. The highest BCUT2D eigenvalue weighted by atomic mass is 16.4. The molecule has 2 aromatic rings. The number of hydrogen-bond donors (Lipinski definition) is 2. The summed E-state index contributed by atoms with van der Waals surface area (Å²) >= 11 is 0. The summed E-state index contributed by atoms with van der Waals surface area (Å²) < 4.78 is 0. The summed E-state index contributed by atoms with van der Waals surface area (Å²) in [6.07, 6.45) is 1.12. The first-order valence-corrected chi connectivity index (χ1v) is 8.87. The number of rotatable bonds is 3. The molecule has 2 atom stereocenters. The van der Waals surface area contributed by atoms with E-state index in [1.807, 2.05) is 0 Å². The number of piperazine rings is 1. The van der Waals surface area contributed by atoms with E-state index in [0.717, 1.165) is 13.1 Å². The Morgan fingerprint density at radius 2 is 1.52 bits per heavy atom. The lowest BCUT2D eigenvalue weighted by Gasteiger charge is -2.43. The van der Waals surface area contributed by atoms with Gasteiger partial charge in [-0.15, -0.1) is 0 Å². The maximum atomic E-state index is 9.55. The maximum Gasteiger partial charge on any atom is 0.328 e. The number of carboxylic acids is 2. The van der Waals surface area contributed by atoms with Gasteiger partial charge in [0, 0.05) is 43.0 Å². The third-order valence-electron chi connectivity index (χ3n) is 4.73. The molecule has 0 saturated carbocycles. The van der Waals surface area contributed by atoms with Crippen LogP contribution in [0.4, 0.5) is 5.69 Å². The first-order valence-electron chi connectivity index (χ1n) is 8.87. The molecule has 2 aromatic carbocycles. The minimum Gasteiger partial charge on any atom is -0.478 e. The largest absolute Gasteiger partial charge is 0.478 e. The third-order valence-corrected chi connectivity index (χ3v) is 4.73. The first-order chi connectivity index (χ1) is 12.8. The highest BCUT2D eigenvalue weighted by Gasteiger charge is 2.26. The molecule has 1 aliphatic heterocycles. The number of fused-ring (bicyclic) bond motifs is 1. The van der Waals surface area contributed by atoms with E-state index in [1.165, 1.54) is 16.5 Å². The van der Waals surface area contributed by atoms with Crippen molar-refractivity contribution in [2.75, 3.05) is 25.0 Å². The van der Waals surface area contributed by atoms with Crippen molar-refractivity contribution in [2.24, 2.45) is 0 Å². The number of carbonyl (C=O) groups is 2. The molecule has 0 amide bonds. The number of likely N-dealkylation sites (N-methyl/N-ethyl adjacent to an activating group) is 1. The van der Waals surface area contributed by atoms with Crippen LogP contribution in [0.1, 0.15) is 13.8 Å². The van der Waals surface area contributed by atoms with Gasteiger partial charge in [0.25, 0.3) is 0 Å². The van der Waals surface area contributed by atoms with Crippen molar-refractivity contribution in [3.05, 3.63) is 54.6 Å². The van der Waals surface area contributed by atoms with Gasteiger partial charge in [0.1, 0.15) is 0 Å². The van der Waals surface area contributed by atoms with Crippen molar-refractivity contribution < 1.29 is 19.8 Å². The monoisotopic (exact) mass is 370 g/mol. The Hall–Kier alpha value is -2.86. The molecule has 6 heteroatoms. The van der Waals surface area contributed by atoms with Crippen molar-refractivity contribution >= 4 is 28.4 Å². The summed E-state index contributed by atoms with van der Waals surface area (Å²) in [5.41, 5.74) is 1.35. The fraction of sp³-hybridized carbons (Fsp3) is 0.333. The maximum absolute atomic E-state index is 9.55. The van der Waals surface area contributed by atoms with Crippen LogP contribution in [0.25, 0.3) is 10.8 Å². The summed E-state index contributed by atoms with van der Waals surface area (Å²) in [4.78, 5) is 24.1. The van der Waals surface area contributed by atoms with Gasteiger partial charge in [0.2, 0.25) is 0 Å². The molecule has 0 unspecified atom stereocenters. The molecule has 1 heterocycles. The molecule has 0 aliphatic carbocycles. The van der Waals surface area contributed by atoms with E-state index >= 15 is 0 Å². The average Bonchev–Trinajstić information content (AvgIpc) is 2.63. The van der Waals surface area contributed by atoms with E-state index < -0.39 is 11.9 Å². The Morgan fingerprint density at radius 1 is 0.926 bits per heavy atom. The van der Waals surface area contributed by atoms with Crippen LogP contribution in [0.5, 0.6) is 0 Å². The Labute approximate surface area is 159 Å². The lowest BCUT2D eigenvalue weighted by molar-refractivity contribution is -0.134. The van der Waals surface area contributed by atoms with Gasteiger partial charge in [0.05, 0.1) is 0 Å². The summed E-state index contributed by atoms with van der Waals surface area (Å²) in [7, 11) is 2.22. The topological polar surface area (TPSA) is 81.1 Å². The normalized spacial score (nSPS) is 20.3. The zero-order valence-corrected chi connectivity index (χ0v) is 15.9. The van der Waals surface area contributed by atoms with E-state index in [-0.39, 0.29) is 0 Å². The van der Waals surface area contributed by atoms with Crippen LogP contribution < -0.4 is 4.90 Å². The van der Waals surface area contributed by atoms with E-state index in [1.54, 1.807) is 0 Å². The Balaban J connectivity index is 0.000000279. The molecule has 1 aliphatic rings. The Morgan fingerprint density at radius 3 is 2.11 bits per heavy atom. The number of carboxylic acid groups (broad SMARTS) is 2. The van der Waals surface area contributed by atoms with E-state index in [9.17, 15) is 9.59 Å². The SMILES string of the molecule is C[C@@H]1CN(c2ccc3ccccc3c2)[C@@H](C)CN1C.O=C(O)/C=C/C(=O)O. The van der Waals surface area contributed by atoms with Crippen molar-refractivity contribution in [1.82, 2.24) is 4.90 Å². The van der Waals surface area contributed by atoms with E-state index in [4.69, 9.17) is 10.2 Å². The fourth-order valence-electron chi connectivity index (χ4n) is 3.16. The summed E-state index contributed by atoms with van der Waals surface area (Å²) in [6.45, 7) is 6.86. The third kappa shape index (κ3) is 5.82. The number of hydrogen-bond acceptors (Lipinski definition) is 4. The molecule has 3 rings (SSSR count). The molecule has 144 valence electrons. The fourth-order valence-corrected chi connectivity index (χ4v) is 3.16. The quantitative estimate of drug-likeness (QED) is 0.808. The van der Waals surface area contributed by atoms with Gasteiger partial charge in [-0.05, 0) is 43.8 Å². The predicted octanol–water partition coefficient (Wildman–Crippen LogP) is 3.08. The highest BCUT2D eigenvalue weighted by molar-refractivity contribution is 5.89. The second kappa shape index (κ2) is 9.19. The molecule has 0 aromatic heterocycles. The summed E-state index contributed by atoms with van der Waals surface area (Å²) in [6, 6.07) is 16.6. The molecule has 1 saturated heterocycles. The lowest BCUT2D eigenvalue weighted by Crippen LogP contribution is -2.55. The van der Waals surface area contributed by atoms with Gasteiger partial charge >= 0.3 is 11.9 Å². The second-order valence-electron chi connectivity index (χ2n) is 6.83. The molecule has 1 fully saturated rings. The van der Waals surface area contributed by atoms with Crippen molar-refractivity contribution in [3.8, 4) is 0 Å². The summed E-state index contributed by atoms with van der Waals surface area (Å²) in [5, 5.41) is 18.3. The zero-order chi connectivity index (χ0) is 20.0. The smallest absolute Gasteiger partial charge is 0.328 e. The van der Waals surface area contributed by atoms with E-state index in [2.05, 4.69) is 73.2 Å². The van der Waals surface area contributed by atoms with Crippen molar-refractivity contribution in [2.45, 2.75) is 25.9 Å². The minimum absolute atomic E-state index is 0.558. The van der Waals surface area contributed by atoms with Crippen LogP contribution in [0.15, 0.2) is 54.6 Å². The molecule has 0 spiro atoms. The molecule has 0 bridgehead atoms. The van der Waals surface area contributed by atoms with Crippen molar-refractivity contribution in [1.29, 1.82) is 0 Å². The van der Waals surface area contributed by atoms with Gasteiger partial charge < -0.3 is 15.1 Å². The van der Waals surface area contributed by atoms with Crippen LogP contribution in [0.3, 0.4) is 0 Å². The van der Waals surface area contributed by atoms with Crippen molar-refractivity contribution in [3.63, 3.8) is 0 Å². The Kier molecular flexibility index (Phi) is 6.96. The highest BCUT2D eigenvalue weighted by Crippen LogP contribution is 2.26. The van der Waals surface area contributed by atoms with Gasteiger partial charge in [-0.3, -0.25) is 4.90 Å². The van der Waals surface area contributed by atoms with Crippen LogP contribution in [0, 0.1) is 0 Å². The van der Waals surface area contributed by atoms with Crippen LogP contribution >= 0.6 is 0 Å². The van der Waals surface area contributed by atoms with Crippen LogP contribution in [-0.2, 0) is 9.59 Å². The molecule has 0 radical (unpaired) electrons. The average molecular weight is 370 g/mol. The van der Waals surface area contributed by atoms with Crippen LogP contribution in [-0.4, -0.2) is 59.3 Å². The number of nitrogens with zero attached hydrogens (tertiary/aromatic N) is 2. The van der Waals surface area contributed by atoms with Crippen LogP contribution in [0.2, 0.25) is 0 Å².